The van der Waals surface area contributed by atoms with E-state index < -0.39 is 5.38 Å². The smallest absolute Gasteiger partial charge is 0.172 e. The van der Waals surface area contributed by atoms with E-state index in [9.17, 15) is 4.79 Å². The van der Waals surface area contributed by atoms with Gasteiger partial charge in [-0.25, -0.2) is 0 Å². The zero-order valence-electron chi connectivity index (χ0n) is 5.97. The summed E-state index contributed by atoms with van der Waals surface area (Å²) in [6.45, 7) is 3.41. The van der Waals surface area contributed by atoms with Crippen LogP contribution in [0.4, 0.5) is 0 Å². The third-order valence-corrected chi connectivity index (χ3v) is 1.28. The first kappa shape index (κ1) is 9.99. The molecule has 0 heterocycles. The highest BCUT2D eigenvalue weighted by atomic mass is 35.5. The summed E-state index contributed by atoms with van der Waals surface area (Å²) >= 11 is 11.0. The molecule has 1 nitrogen and oxygen atoms in total. The number of hydrogen-bond donors (Lipinski definition) is 0. The van der Waals surface area contributed by atoms with Gasteiger partial charge in [-0.3, -0.25) is 4.79 Å². The minimum atomic E-state index is -0.452. The molecule has 0 spiro atoms. The number of alkyl halides is 2. The molecule has 0 fully saturated rings. The highest BCUT2D eigenvalue weighted by Gasteiger charge is 2.03. The lowest BCUT2D eigenvalue weighted by Crippen LogP contribution is -2.06. The van der Waals surface area contributed by atoms with Crippen LogP contribution < -0.4 is 0 Å². The van der Waals surface area contributed by atoms with Crippen molar-refractivity contribution in [3.05, 3.63) is 12.2 Å². The van der Waals surface area contributed by atoms with E-state index in [1.54, 1.807) is 19.9 Å². The topological polar surface area (TPSA) is 17.1 Å². The summed E-state index contributed by atoms with van der Waals surface area (Å²) in [5.41, 5.74) is 0. The minimum Gasteiger partial charge on any atom is -0.293 e. The minimum absolute atomic E-state index is 0.103. The third-order valence-electron chi connectivity index (χ3n) is 0.918. The Labute approximate surface area is 71.0 Å². The average molecular weight is 181 g/mol. The molecule has 0 N–H and O–H groups in total. The molecule has 10 heavy (non-hydrogen) atoms. The lowest BCUT2D eigenvalue weighted by atomic mass is 10.2. The van der Waals surface area contributed by atoms with Crippen LogP contribution in [0.3, 0.4) is 0 Å². The summed E-state index contributed by atoms with van der Waals surface area (Å²) in [5, 5.41) is -0.564. The van der Waals surface area contributed by atoms with Crippen LogP contribution in [0.15, 0.2) is 12.2 Å². The van der Waals surface area contributed by atoms with Crippen LogP contribution in [0, 0.1) is 0 Å². The molecule has 0 aromatic rings. The molecule has 0 radical (unpaired) electrons. The summed E-state index contributed by atoms with van der Waals surface area (Å²) in [6, 6.07) is 0. The number of allylic oxidation sites excluding steroid dienone is 2. The van der Waals surface area contributed by atoms with Gasteiger partial charge >= 0.3 is 0 Å². The second kappa shape index (κ2) is 4.75. The fourth-order valence-electron chi connectivity index (χ4n) is 0.360. The molecule has 0 saturated carbocycles. The van der Waals surface area contributed by atoms with E-state index in [0.29, 0.717) is 0 Å². The van der Waals surface area contributed by atoms with Crippen LogP contribution in [-0.4, -0.2) is 16.5 Å². The van der Waals surface area contributed by atoms with Gasteiger partial charge in [-0.05, 0) is 19.9 Å². The van der Waals surface area contributed by atoms with Crippen molar-refractivity contribution in [1.29, 1.82) is 0 Å². The molecule has 2 unspecified atom stereocenters. The van der Waals surface area contributed by atoms with Crippen molar-refractivity contribution in [2.24, 2.45) is 0 Å². The Balaban J connectivity index is 3.79. The summed E-state index contributed by atoms with van der Waals surface area (Å²) < 4.78 is 0. The molecule has 0 aliphatic carbocycles. The Morgan fingerprint density at radius 3 is 2.20 bits per heavy atom. The largest absolute Gasteiger partial charge is 0.293 e. The van der Waals surface area contributed by atoms with Gasteiger partial charge in [-0.1, -0.05) is 6.08 Å². The molecule has 58 valence electrons. The van der Waals surface area contributed by atoms with Crippen LogP contribution in [0.1, 0.15) is 13.8 Å². The van der Waals surface area contributed by atoms with Gasteiger partial charge in [0.05, 0.1) is 5.38 Å². The van der Waals surface area contributed by atoms with Crippen LogP contribution >= 0.6 is 23.2 Å². The van der Waals surface area contributed by atoms with E-state index in [0.717, 1.165) is 0 Å². The Morgan fingerprint density at radius 1 is 1.40 bits per heavy atom. The summed E-state index contributed by atoms with van der Waals surface area (Å²) in [5.74, 6) is -0.103. The number of halogens is 2. The summed E-state index contributed by atoms with van der Waals surface area (Å²) in [7, 11) is 0. The first-order chi connectivity index (χ1) is 4.54. The molecule has 0 aromatic carbocycles. The number of ketones is 1. The Kier molecular flexibility index (Phi) is 4.75. The van der Waals surface area contributed by atoms with E-state index in [1.807, 2.05) is 0 Å². The molecule has 0 aromatic heterocycles. The number of carbonyl (C=O) groups excluding carboxylic acids is 1. The van der Waals surface area contributed by atoms with Gasteiger partial charge in [0.15, 0.2) is 5.78 Å². The van der Waals surface area contributed by atoms with Gasteiger partial charge in [-0.15, -0.1) is 23.2 Å². The highest BCUT2D eigenvalue weighted by molar-refractivity contribution is 6.32. The van der Waals surface area contributed by atoms with E-state index in [-0.39, 0.29) is 11.2 Å². The Bertz CT molecular complexity index is 139. The van der Waals surface area contributed by atoms with Gasteiger partial charge in [0.1, 0.15) is 0 Å². The Morgan fingerprint density at radius 2 is 1.90 bits per heavy atom. The molecular formula is C7H10Cl2O. The molecule has 0 aliphatic rings. The quantitative estimate of drug-likeness (QED) is 0.482. The first-order valence-corrected chi connectivity index (χ1v) is 3.91. The predicted octanol–water partition coefficient (Wildman–Crippen LogP) is 2.37. The zero-order chi connectivity index (χ0) is 8.15. The van der Waals surface area contributed by atoms with Crippen molar-refractivity contribution in [2.45, 2.75) is 24.6 Å². The fraction of sp³-hybridized carbons (Fsp3) is 0.571. The van der Waals surface area contributed by atoms with Crippen molar-refractivity contribution in [1.82, 2.24) is 0 Å². The van der Waals surface area contributed by atoms with Crippen molar-refractivity contribution in [3.8, 4) is 0 Å². The number of rotatable bonds is 3. The maximum Gasteiger partial charge on any atom is 0.172 e. The third kappa shape index (κ3) is 4.83. The highest BCUT2D eigenvalue weighted by Crippen LogP contribution is 1.99. The van der Waals surface area contributed by atoms with Crippen molar-refractivity contribution in [3.63, 3.8) is 0 Å². The summed E-state index contributed by atoms with van der Waals surface area (Å²) in [4.78, 5) is 10.8. The van der Waals surface area contributed by atoms with E-state index in [1.165, 1.54) is 6.08 Å². The lowest BCUT2D eigenvalue weighted by molar-refractivity contribution is -0.114. The first-order valence-electron chi connectivity index (χ1n) is 3.04. The van der Waals surface area contributed by atoms with Crippen LogP contribution in [-0.2, 0) is 4.79 Å². The van der Waals surface area contributed by atoms with E-state index in [4.69, 9.17) is 23.2 Å². The number of carbonyl (C=O) groups is 1. The molecule has 0 bridgehead atoms. The van der Waals surface area contributed by atoms with Gasteiger partial charge in [0.2, 0.25) is 0 Å². The molecular weight excluding hydrogens is 171 g/mol. The maximum atomic E-state index is 10.8. The molecule has 2 atom stereocenters. The second-order valence-corrected chi connectivity index (χ2v) is 3.40. The standard InChI is InChI=1S/C7H10Cl2O/c1-5(8)3-4-7(10)6(2)9/h3-6H,1-2H3. The van der Waals surface area contributed by atoms with E-state index in [2.05, 4.69) is 0 Å². The van der Waals surface area contributed by atoms with Gasteiger partial charge in [0.25, 0.3) is 0 Å². The number of hydrogen-bond acceptors (Lipinski definition) is 1. The van der Waals surface area contributed by atoms with Gasteiger partial charge < -0.3 is 0 Å². The molecule has 0 saturated heterocycles. The van der Waals surface area contributed by atoms with E-state index >= 15 is 0 Å². The fourth-order valence-corrected chi connectivity index (χ4v) is 0.506. The monoisotopic (exact) mass is 180 g/mol. The molecule has 0 aliphatic heterocycles. The zero-order valence-corrected chi connectivity index (χ0v) is 7.49. The molecule has 0 amide bonds. The lowest BCUT2D eigenvalue weighted by Gasteiger charge is -1.94. The van der Waals surface area contributed by atoms with Crippen molar-refractivity contribution in [2.75, 3.05) is 0 Å². The molecule has 0 rings (SSSR count). The van der Waals surface area contributed by atoms with Gasteiger partial charge in [0, 0.05) is 5.38 Å². The normalized spacial score (nSPS) is 17.2. The van der Waals surface area contributed by atoms with Crippen LogP contribution in [0.25, 0.3) is 0 Å². The summed E-state index contributed by atoms with van der Waals surface area (Å²) in [6.07, 6.45) is 3.03. The Hall–Kier alpha value is -0.0100. The maximum absolute atomic E-state index is 10.8. The second-order valence-electron chi connectivity index (χ2n) is 2.06. The van der Waals surface area contributed by atoms with Gasteiger partial charge in [-0.2, -0.15) is 0 Å². The predicted molar refractivity (Wildman–Crippen MR) is 44.8 cm³/mol. The average Bonchev–Trinajstić information content (AvgIpc) is 1.82. The SMILES string of the molecule is CC(Cl)C=CC(=O)C(C)Cl. The molecule has 3 heteroatoms. The van der Waals surface area contributed by atoms with Crippen molar-refractivity contribution >= 4 is 29.0 Å². The van der Waals surface area contributed by atoms with Crippen LogP contribution in [0.5, 0.6) is 0 Å². The van der Waals surface area contributed by atoms with Crippen molar-refractivity contribution < 1.29 is 4.79 Å². The van der Waals surface area contributed by atoms with Crippen LogP contribution in [0.2, 0.25) is 0 Å².